The summed E-state index contributed by atoms with van der Waals surface area (Å²) in [4.78, 5) is 0. The first-order valence-electron chi connectivity index (χ1n) is 8.10. The number of hydrogen-bond donors (Lipinski definition) is 0. The van der Waals surface area contributed by atoms with Gasteiger partial charge in [0.25, 0.3) is 0 Å². The average Bonchev–Trinajstić information content (AvgIpc) is 2.54. The van der Waals surface area contributed by atoms with E-state index in [0.29, 0.717) is 5.92 Å². The number of rotatable bonds is 5. The first-order chi connectivity index (χ1) is 9.28. The Morgan fingerprint density at radius 3 is 2.65 bits per heavy atom. The van der Waals surface area contributed by atoms with Crippen LogP contribution in [0.3, 0.4) is 0 Å². The van der Waals surface area contributed by atoms with Crippen LogP contribution in [0.25, 0.3) is 0 Å². The molecule has 1 unspecified atom stereocenters. The molecule has 0 aliphatic heterocycles. The van der Waals surface area contributed by atoms with Gasteiger partial charge in [-0.15, -0.1) is 12.3 Å². The second kappa shape index (κ2) is 7.36. The van der Waals surface area contributed by atoms with Crippen LogP contribution in [0.1, 0.15) is 65.7 Å². The topological polar surface area (TPSA) is 9.23 Å². The predicted octanol–water partition coefficient (Wildman–Crippen LogP) is 5.89. The lowest BCUT2D eigenvalue weighted by molar-refractivity contribution is 0.299. The zero-order valence-corrected chi connectivity index (χ0v) is 15.1. The van der Waals surface area contributed by atoms with Crippen molar-refractivity contribution in [1.29, 1.82) is 0 Å². The molecule has 0 fully saturated rings. The van der Waals surface area contributed by atoms with E-state index in [1.54, 1.807) is 0 Å². The van der Waals surface area contributed by atoms with Crippen LogP contribution >= 0.6 is 0 Å². The van der Waals surface area contributed by atoms with Gasteiger partial charge in [0, 0.05) is 12.3 Å². The highest BCUT2D eigenvalue weighted by atomic mass is 28.4. The maximum atomic E-state index is 6.61. The molecule has 0 bridgehead atoms. The predicted molar refractivity (Wildman–Crippen MR) is 91.0 cm³/mol. The highest BCUT2D eigenvalue weighted by Gasteiger charge is 2.40. The van der Waals surface area contributed by atoms with E-state index in [2.05, 4.69) is 45.9 Å². The summed E-state index contributed by atoms with van der Waals surface area (Å²) in [5.74, 6) is 4.64. The second-order valence-electron chi connectivity index (χ2n) is 7.55. The molecule has 1 atom stereocenters. The van der Waals surface area contributed by atoms with Crippen molar-refractivity contribution in [3.8, 4) is 12.3 Å². The second-order valence-corrected chi connectivity index (χ2v) is 12.3. The minimum Gasteiger partial charge on any atom is -0.547 e. The summed E-state index contributed by atoms with van der Waals surface area (Å²) in [7, 11) is -1.71. The van der Waals surface area contributed by atoms with Gasteiger partial charge in [-0.05, 0) is 56.3 Å². The maximum Gasteiger partial charge on any atom is 0.250 e. The van der Waals surface area contributed by atoms with Crippen molar-refractivity contribution >= 4 is 8.32 Å². The van der Waals surface area contributed by atoms with Crippen molar-refractivity contribution in [3.05, 3.63) is 11.8 Å². The van der Waals surface area contributed by atoms with Crippen molar-refractivity contribution in [1.82, 2.24) is 0 Å². The lowest BCUT2D eigenvalue weighted by atomic mass is 9.96. The molecule has 20 heavy (non-hydrogen) atoms. The summed E-state index contributed by atoms with van der Waals surface area (Å²) in [6.07, 6.45) is 16.0. The Bertz CT molecular complexity index is 368. The number of hydrogen-bond acceptors (Lipinski definition) is 1. The van der Waals surface area contributed by atoms with Gasteiger partial charge in [0.05, 0.1) is 5.76 Å². The fourth-order valence-electron chi connectivity index (χ4n) is 2.40. The van der Waals surface area contributed by atoms with Crippen molar-refractivity contribution in [2.24, 2.45) is 5.92 Å². The lowest BCUT2D eigenvalue weighted by Gasteiger charge is -2.39. The third-order valence-electron chi connectivity index (χ3n) is 4.81. The SMILES string of the molecule is C#CCCCC1CCCCC=C1O[Si](C)(C)C(C)(C)C. The average molecular weight is 293 g/mol. The summed E-state index contributed by atoms with van der Waals surface area (Å²) in [5, 5.41) is 0.267. The van der Waals surface area contributed by atoms with E-state index in [9.17, 15) is 0 Å². The van der Waals surface area contributed by atoms with E-state index in [1.165, 1.54) is 37.9 Å². The minimum atomic E-state index is -1.71. The molecule has 0 spiro atoms. The summed E-state index contributed by atoms with van der Waals surface area (Å²) in [6, 6.07) is 0. The van der Waals surface area contributed by atoms with Gasteiger partial charge in [0.15, 0.2) is 0 Å². The molecular weight excluding hydrogens is 260 g/mol. The first-order valence-corrected chi connectivity index (χ1v) is 11.0. The van der Waals surface area contributed by atoms with E-state index in [1.807, 2.05) is 0 Å². The van der Waals surface area contributed by atoms with Gasteiger partial charge in [0.2, 0.25) is 8.32 Å². The van der Waals surface area contributed by atoms with E-state index in [4.69, 9.17) is 10.8 Å². The maximum absolute atomic E-state index is 6.61. The molecule has 0 saturated heterocycles. The van der Waals surface area contributed by atoms with E-state index in [-0.39, 0.29) is 5.04 Å². The van der Waals surface area contributed by atoms with Gasteiger partial charge in [-0.25, -0.2) is 0 Å². The van der Waals surface area contributed by atoms with Crippen molar-refractivity contribution in [2.45, 2.75) is 83.8 Å². The summed E-state index contributed by atoms with van der Waals surface area (Å²) >= 11 is 0. The molecule has 114 valence electrons. The highest BCUT2D eigenvalue weighted by molar-refractivity contribution is 6.74. The number of unbranched alkanes of at least 4 members (excludes halogenated alkanes) is 1. The van der Waals surface area contributed by atoms with Gasteiger partial charge < -0.3 is 4.43 Å². The van der Waals surface area contributed by atoms with Crippen LogP contribution in [0.5, 0.6) is 0 Å². The normalized spacial score (nSPS) is 20.8. The molecule has 1 nitrogen and oxygen atoms in total. The molecule has 0 heterocycles. The molecule has 2 heteroatoms. The molecule has 0 aromatic heterocycles. The van der Waals surface area contributed by atoms with Crippen LogP contribution in [-0.2, 0) is 4.43 Å². The molecule has 0 amide bonds. The van der Waals surface area contributed by atoms with Gasteiger partial charge in [-0.1, -0.05) is 27.2 Å². The van der Waals surface area contributed by atoms with Crippen LogP contribution in [-0.4, -0.2) is 8.32 Å². The Morgan fingerprint density at radius 1 is 1.35 bits per heavy atom. The molecule has 1 aliphatic rings. The fourth-order valence-corrected chi connectivity index (χ4v) is 3.54. The van der Waals surface area contributed by atoms with E-state index >= 15 is 0 Å². The van der Waals surface area contributed by atoms with Crippen molar-refractivity contribution in [2.75, 3.05) is 0 Å². The van der Waals surface area contributed by atoms with Gasteiger partial charge >= 0.3 is 0 Å². The largest absolute Gasteiger partial charge is 0.547 e. The number of terminal acetylenes is 1. The van der Waals surface area contributed by atoms with Crippen LogP contribution in [0.4, 0.5) is 0 Å². The Kier molecular flexibility index (Phi) is 6.39. The third kappa shape index (κ3) is 5.02. The minimum absolute atomic E-state index is 0.267. The smallest absolute Gasteiger partial charge is 0.250 e. The zero-order valence-electron chi connectivity index (χ0n) is 14.1. The van der Waals surface area contributed by atoms with Gasteiger partial charge in [-0.3, -0.25) is 0 Å². The molecule has 0 N–H and O–H groups in total. The lowest BCUT2D eigenvalue weighted by Crippen LogP contribution is -2.41. The molecule has 0 aromatic carbocycles. The zero-order chi connectivity index (χ0) is 15.2. The molecule has 1 rings (SSSR count). The van der Waals surface area contributed by atoms with Crippen molar-refractivity contribution in [3.63, 3.8) is 0 Å². The summed E-state index contributed by atoms with van der Waals surface area (Å²) < 4.78 is 6.61. The third-order valence-corrected chi connectivity index (χ3v) is 9.17. The Morgan fingerprint density at radius 2 is 2.05 bits per heavy atom. The molecule has 0 saturated carbocycles. The summed E-state index contributed by atoms with van der Waals surface area (Å²) in [5.41, 5.74) is 0. The van der Waals surface area contributed by atoms with Gasteiger partial charge in [-0.2, -0.15) is 0 Å². The standard InChI is InChI=1S/C18H32OSi/c1-7-8-10-13-16-14-11-9-12-15-17(16)19-20(5,6)18(2,3)4/h1,15-16H,8-14H2,2-6H3. The molecule has 0 aromatic rings. The van der Waals surface area contributed by atoms with E-state index < -0.39 is 8.32 Å². The molecule has 1 aliphatic carbocycles. The van der Waals surface area contributed by atoms with Crippen LogP contribution in [0, 0.1) is 18.3 Å². The van der Waals surface area contributed by atoms with Crippen molar-refractivity contribution < 1.29 is 4.43 Å². The Hall–Kier alpha value is -0.683. The van der Waals surface area contributed by atoms with Crippen LogP contribution in [0.2, 0.25) is 18.1 Å². The van der Waals surface area contributed by atoms with Gasteiger partial charge in [0.1, 0.15) is 0 Å². The quantitative estimate of drug-likeness (QED) is 0.349. The highest BCUT2D eigenvalue weighted by Crippen LogP contribution is 2.40. The molecular formula is C18H32OSi. The first kappa shape index (κ1) is 17.4. The number of allylic oxidation sites excluding steroid dienone is 2. The Labute approximate surface area is 127 Å². The molecule has 0 radical (unpaired) electrons. The summed E-state index contributed by atoms with van der Waals surface area (Å²) in [6.45, 7) is 11.6. The fraction of sp³-hybridized carbons (Fsp3) is 0.778. The van der Waals surface area contributed by atoms with Crippen LogP contribution < -0.4 is 0 Å². The monoisotopic (exact) mass is 292 g/mol. The van der Waals surface area contributed by atoms with E-state index in [0.717, 1.165) is 12.8 Å². The van der Waals surface area contributed by atoms with Crippen LogP contribution in [0.15, 0.2) is 11.8 Å². The Balaban J connectivity index is 2.76.